The Hall–Kier alpha value is -3.41. The molecule has 160 valence electrons. The van der Waals surface area contributed by atoms with Crippen LogP contribution in [0.15, 0.2) is 60.7 Å². The first-order valence-electron chi connectivity index (χ1n) is 10.8. The molecule has 0 bridgehead atoms. The number of hydrogen-bond acceptors (Lipinski definition) is 5. The van der Waals surface area contributed by atoms with Gasteiger partial charge in [0.25, 0.3) is 0 Å². The number of anilines is 2. The molecule has 1 saturated heterocycles. The van der Waals surface area contributed by atoms with Crippen molar-refractivity contribution in [1.29, 1.82) is 0 Å². The van der Waals surface area contributed by atoms with Crippen LogP contribution < -0.4 is 15.0 Å². The molecule has 2 heterocycles. The number of hydrogen-bond donors (Lipinski definition) is 1. The zero-order valence-corrected chi connectivity index (χ0v) is 18.0. The summed E-state index contributed by atoms with van der Waals surface area (Å²) in [6, 6.07) is 19.7. The third-order valence-corrected chi connectivity index (χ3v) is 5.69. The molecule has 1 aliphatic rings. The predicted molar refractivity (Wildman–Crippen MR) is 123 cm³/mol. The van der Waals surface area contributed by atoms with E-state index in [2.05, 4.69) is 39.5 Å². The van der Waals surface area contributed by atoms with Crippen molar-refractivity contribution in [3.63, 3.8) is 0 Å². The van der Waals surface area contributed by atoms with E-state index >= 15 is 0 Å². The molecule has 0 spiro atoms. The Morgan fingerprint density at radius 3 is 2.42 bits per heavy atom. The van der Waals surface area contributed by atoms with Gasteiger partial charge in [-0.15, -0.1) is 10.2 Å². The van der Waals surface area contributed by atoms with Gasteiger partial charge in [0.15, 0.2) is 5.82 Å². The van der Waals surface area contributed by atoms with Crippen molar-refractivity contribution in [2.24, 2.45) is 5.92 Å². The minimum absolute atomic E-state index is 0.00187. The molecule has 1 aliphatic heterocycles. The average Bonchev–Trinajstić information content (AvgIpc) is 2.81. The van der Waals surface area contributed by atoms with Crippen molar-refractivity contribution in [3.05, 3.63) is 66.2 Å². The summed E-state index contributed by atoms with van der Waals surface area (Å²) >= 11 is 0. The maximum Gasteiger partial charge on any atom is 0.227 e. The molecular weight excluding hydrogens is 388 g/mol. The lowest BCUT2D eigenvalue weighted by Gasteiger charge is -2.31. The number of ether oxygens (including phenoxy) is 1. The molecule has 0 radical (unpaired) electrons. The molecule has 0 saturated carbocycles. The molecular formula is C25H28N4O2. The second kappa shape index (κ2) is 9.60. The van der Waals surface area contributed by atoms with Gasteiger partial charge in [-0.2, -0.15) is 0 Å². The van der Waals surface area contributed by atoms with Crippen molar-refractivity contribution >= 4 is 17.4 Å². The van der Waals surface area contributed by atoms with Crippen LogP contribution in [0, 0.1) is 12.8 Å². The highest BCUT2D eigenvalue weighted by Crippen LogP contribution is 2.26. The minimum Gasteiger partial charge on any atom is -0.494 e. The Bertz CT molecular complexity index is 1010. The summed E-state index contributed by atoms with van der Waals surface area (Å²) in [6.07, 6.45) is 1.59. The van der Waals surface area contributed by atoms with Crippen LogP contribution in [-0.2, 0) is 4.79 Å². The molecule has 2 aromatic carbocycles. The lowest BCUT2D eigenvalue weighted by molar-refractivity contribution is -0.120. The van der Waals surface area contributed by atoms with Gasteiger partial charge in [-0.3, -0.25) is 4.79 Å². The molecule has 1 amide bonds. The summed E-state index contributed by atoms with van der Waals surface area (Å²) in [6.45, 7) is 6.24. The Labute approximate surface area is 183 Å². The van der Waals surface area contributed by atoms with Crippen LogP contribution in [0.3, 0.4) is 0 Å². The van der Waals surface area contributed by atoms with Gasteiger partial charge in [0.05, 0.1) is 12.3 Å². The second-order valence-corrected chi connectivity index (χ2v) is 7.80. The van der Waals surface area contributed by atoms with E-state index in [4.69, 9.17) is 4.74 Å². The highest BCUT2D eigenvalue weighted by molar-refractivity contribution is 5.92. The van der Waals surface area contributed by atoms with Crippen LogP contribution in [0.1, 0.15) is 25.3 Å². The summed E-state index contributed by atoms with van der Waals surface area (Å²) in [5, 5.41) is 11.9. The van der Waals surface area contributed by atoms with E-state index < -0.39 is 0 Å². The monoisotopic (exact) mass is 416 g/mol. The maximum atomic E-state index is 12.7. The third kappa shape index (κ3) is 5.02. The number of carbonyl (C=O) groups is 1. The first-order valence-corrected chi connectivity index (χ1v) is 10.8. The van der Waals surface area contributed by atoms with Crippen LogP contribution in [-0.4, -0.2) is 35.8 Å². The third-order valence-electron chi connectivity index (χ3n) is 5.69. The predicted octanol–water partition coefficient (Wildman–Crippen LogP) is 4.71. The van der Waals surface area contributed by atoms with Gasteiger partial charge in [-0.05, 0) is 68.7 Å². The molecule has 31 heavy (non-hydrogen) atoms. The van der Waals surface area contributed by atoms with E-state index in [0.29, 0.717) is 6.61 Å². The molecule has 1 aromatic heterocycles. The first kappa shape index (κ1) is 20.8. The Morgan fingerprint density at radius 2 is 1.77 bits per heavy atom. The van der Waals surface area contributed by atoms with Crippen LogP contribution in [0.25, 0.3) is 11.3 Å². The molecule has 3 aromatic rings. The van der Waals surface area contributed by atoms with Gasteiger partial charge in [0.2, 0.25) is 5.91 Å². The van der Waals surface area contributed by atoms with Gasteiger partial charge < -0.3 is 15.0 Å². The van der Waals surface area contributed by atoms with E-state index in [1.165, 1.54) is 5.56 Å². The summed E-state index contributed by atoms with van der Waals surface area (Å²) in [4.78, 5) is 14.9. The molecule has 1 N–H and O–H groups in total. The number of benzene rings is 2. The SMILES string of the molecule is CCOc1ccc(NC(=O)C2CCN(c3ccc(-c4ccccc4C)nn3)CC2)cc1. The number of nitrogens with one attached hydrogen (secondary N) is 1. The number of amides is 1. The number of aryl methyl sites for hydroxylation is 1. The zero-order valence-electron chi connectivity index (χ0n) is 18.0. The van der Waals surface area contributed by atoms with E-state index in [-0.39, 0.29) is 11.8 Å². The quantitative estimate of drug-likeness (QED) is 0.631. The topological polar surface area (TPSA) is 67.3 Å². The Kier molecular flexibility index (Phi) is 6.46. The van der Waals surface area contributed by atoms with E-state index in [9.17, 15) is 4.79 Å². The fourth-order valence-electron chi connectivity index (χ4n) is 3.91. The summed E-state index contributed by atoms with van der Waals surface area (Å²) < 4.78 is 5.44. The summed E-state index contributed by atoms with van der Waals surface area (Å²) in [5.74, 6) is 1.75. The van der Waals surface area contributed by atoms with Crippen LogP contribution >= 0.6 is 0 Å². The van der Waals surface area contributed by atoms with Gasteiger partial charge in [-0.1, -0.05) is 24.3 Å². The highest BCUT2D eigenvalue weighted by atomic mass is 16.5. The van der Waals surface area contributed by atoms with Gasteiger partial charge in [0.1, 0.15) is 5.75 Å². The van der Waals surface area contributed by atoms with Crippen LogP contribution in [0.2, 0.25) is 0 Å². The first-order chi connectivity index (χ1) is 15.1. The molecule has 6 nitrogen and oxygen atoms in total. The molecule has 4 rings (SSSR count). The van der Waals surface area contributed by atoms with Crippen molar-refractivity contribution in [2.45, 2.75) is 26.7 Å². The Morgan fingerprint density at radius 1 is 1.03 bits per heavy atom. The number of aromatic nitrogens is 2. The van der Waals surface area contributed by atoms with Gasteiger partial charge >= 0.3 is 0 Å². The van der Waals surface area contributed by atoms with Crippen LogP contribution in [0.5, 0.6) is 5.75 Å². The van der Waals surface area contributed by atoms with Crippen LogP contribution in [0.4, 0.5) is 11.5 Å². The standard InChI is InChI=1S/C25H28N4O2/c1-3-31-21-10-8-20(9-11-21)26-25(30)19-14-16-29(17-15-19)24-13-12-23(27-28-24)22-7-5-4-6-18(22)2/h4-13,19H,3,14-17H2,1-2H3,(H,26,30). The normalized spacial score (nSPS) is 14.3. The van der Waals surface area contributed by atoms with Crippen molar-refractivity contribution in [3.8, 4) is 17.0 Å². The van der Waals surface area contributed by atoms with E-state index in [1.54, 1.807) is 0 Å². The molecule has 0 aliphatic carbocycles. The fourth-order valence-corrected chi connectivity index (χ4v) is 3.91. The molecule has 1 fully saturated rings. The minimum atomic E-state index is 0.00187. The van der Waals surface area contributed by atoms with Crippen molar-refractivity contribution in [1.82, 2.24) is 10.2 Å². The van der Waals surface area contributed by atoms with Crippen molar-refractivity contribution < 1.29 is 9.53 Å². The molecule has 0 unspecified atom stereocenters. The largest absolute Gasteiger partial charge is 0.494 e. The smallest absolute Gasteiger partial charge is 0.227 e. The fraction of sp³-hybridized carbons (Fsp3) is 0.320. The lowest BCUT2D eigenvalue weighted by Crippen LogP contribution is -2.38. The summed E-state index contributed by atoms with van der Waals surface area (Å²) in [5.41, 5.74) is 3.97. The maximum absolute atomic E-state index is 12.7. The van der Waals surface area contributed by atoms with Gasteiger partial charge in [-0.25, -0.2) is 0 Å². The molecule has 6 heteroatoms. The summed E-state index contributed by atoms with van der Waals surface area (Å²) in [7, 11) is 0. The number of piperidine rings is 1. The average molecular weight is 417 g/mol. The Balaban J connectivity index is 1.32. The molecule has 0 atom stereocenters. The van der Waals surface area contributed by atoms with E-state index in [0.717, 1.165) is 54.4 Å². The van der Waals surface area contributed by atoms with E-state index in [1.807, 2.05) is 55.5 Å². The zero-order chi connectivity index (χ0) is 21.6. The number of nitrogens with zero attached hydrogens (tertiary/aromatic N) is 3. The number of rotatable bonds is 6. The second-order valence-electron chi connectivity index (χ2n) is 7.80. The lowest BCUT2D eigenvalue weighted by atomic mass is 9.95. The highest BCUT2D eigenvalue weighted by Gasteiger charge is 2.26. The number of carbonyl (C=O) groups excluding carboxylic acids is 1. The van der Waals surface area contributed by atoms with Gasteiger partial charge in [0, 0.05) is 30.3 Å². The van der Waals surface area contributed by atoms with Crippen molar-refractivity contribution in [2.75, 3.05) is 29.9 Å².